The molecule has 6 nitrogen and oxygen atoms in total. The number of halogens is 1. The second kappa shape index (κ2) is 10.7. The molecule has 0 amide bonds. The molecule has 0 radical (unpaired) electrons. The number of anilines is 2. The molecule has 1 saturated carbocycles. The van der Waals surface area contributed by atoms with Crippen LogP contribution in [-0.4, -0.2) is 43.3 Å². The van der Waals surface area contributed by atoms with Gasteiger partial charge in [-0.1, -0.05) is 24.3 Å². The quantitative estimate of drug-likeness (QED) is 0.368. The summed E-state index contributed by atoms with van der Waals surface area (Å²) in [5.41, 5.74) is 4.48. The number of aryl methyl sites for hydroxylation is 1. The van der Waals surface area contributed by atoms with Crippen LogP contribution in [0.2, 0.25) is 0 Å². The first kappa shape index (κ1) is 26.4. The minimum Gasteiger partial charge on any atom is -0.422 e. The van der Waals surface area contributed by atoms with Crippen LogP contribution in [0, 0.1) is 19.7 Å². The molecule has 4 rings (SSSR count). The van der Waals surface area contributed by atoms with Crippen LogP contribution in [0.3, 0.4) is 0 Å². The summed E-state index contributed by atoms with van der Waals surface area (Å²) in [6, 6.07) is 13.2. The predicted molar refractivity (Wildman–Crippen MR) is 146 cm³/mol. The lowest BCUT2D eigenvalue weighted by atomic mass is 9.94. The Morgan fingerprint density at radius 2 is 1.86 bits per heavy atom. The maximum atomic E-state index is 14.7. The summed E-state index contributed by atoms with van der Waals surface area (Å²) in [6.07, 6.45) is 2.84. The van der Waals surface area contributed by atoms with Gasteiger partial charge in [0.1, 0.15) is 5.82 Å². The van der Waals surface area contributed by atoms with Crippen LogP contribution in [0.4, 0.5) is 15.8 Å². The number of benzene rings is 2. The number of nitrogens with zero attached hydrogens (tertiary/aromatic N) is 2. The van der Waals surface area contributed by atoms with Crippen LogP contribution in [0.1, 0.15) is 58.1 Å². The summed E-state index contributed by atoms with van der Waals surface area (Å²) in [6.45, 7) is 6.08. The normalized spacial score (nSPS) is 13.9. The van der Waals surface area contributed by atoms with E-state index in [0.717, 1.165) is 41.8 Å². The standard InChI is InChI=1S/C30H34FN3O3/c1-18-10-13-26(25(31)14-18)32-28-19(2)30(36)37-29(24(28)17-35)27(20(3)34(6)23-11-12-23)22-9-7-8-21(15-22)16-33(4)5/h7-10,13-15,17,23,32H,11-12,16H2,1-6H3/b27-20-. The fourth-order valence-corrected chi connectivity index (χ4v) is 4.56. The molecule has 1 aliphatic rings. The Hall–Kier alpha value is -3.71. The summed E-state index contributed by atoms with van der Waals surface area (Å²) in [5, 5.41) is 3.01. The van der Waals surface area contributed by atoms with Gasteiger partial charge in [-0.25, -0.2) is 9.18 Å². The van der Waals surface area contributed by atoms with Crippen molar-refractivity contribution in [3.05, 3.63) is 98.0 Å². The molecule has 37 heavy (non-hydrogen) atoms. The topological polar surface area (TPSA) is 65.8 Å². The Kier molecular flexibility index (Phi) is 7.64. The third-order valence-electron chi connectivity index (χ3n) is 6.82. The van der Waals surface area contributed by atoms with Crippen LogP contribution in [0.15, 0.2) is 57.4 Å². The maximum absolute atomic E-state index is 14.7. The van der Waals surface area contributed by atoms with Crippen LogP contribution in [0.25, 0.3) is 5.57 Å². The second-order valence-electron chi connectivity index (χ2n) is 10.1. The lowest BCUT2D eigenvalue weighted by molar-refractivity contribution is 0.112. The zero-order chi connectivity index (χ0) is 26.9. The molecule has 2 aromatic carbocycles. The zero-order valence-corrected chi connectivity index (χ0v) is 22.3. The molecule has 0 saturated heterocycles. The zero-order valence-electron chi connectivity index (χ0n) is 22.3. The molecule has 7 heteroatoms. The molecule has 3 aromatic rings. The number of allylic oxidation sites excluding steroid dienone is 1. The van der Waals surface area contributed by atoms with Crippen LogP contribution < -0.4 is 10.9 Å². The lowest BCUT2D eigenvalue weighted by Crippen LogP contribution is -2.21. The Bertz CT molecular complexity index is 1420. The number of carbonyl (C=O) groups excluding carboxylic acids is 1. The van der Waals surface area contributed by atoms with Gasteiger partial charge in [0.2, 0.25) is 0 Å². The van der Waals surface area contributed by atoms with Gasteiger partial charge in [-0.2, -0.15) is 0 Å². The smallest absolute Gasteiger partial charge is 0.341 e. The van der Waals surface area contributed by atoms with Crippen molar-refractivity contribution in [3.63, 3.8) is 0 Å². The van der Waals surface area contributed by atoms with Gasteiger partial charge in [0.05, 0.1) is 22.5 Å². The van der Waals surface area contributed by atoms with Crippen molar-refractivity contribution in [3.8, 4) is 0 Å². The van der Waals surface area contributed by atoms with Crippen molar-refractivity contribution < 1.29 is 13.6 Å². The highest BCUT2D eigenvalue weighted by atomic mass is 19.1. The summed E-state index contributed by atoms with van der Waals surface area (Å²) in [7, 11) is 6.02. The highest BCUT2D eigenvalue weighted by molar-refractivity contribution is 5.96. The number of rotatable bonds is 9. The summed E-state index contributed by atoms with van der Waals surface area (Å²) in [5.74, 6) is -0.296. The minimum absolute atomic E-state index is 0.174. The number of carbonyl (C=O) groups is 1. The van der Waals surface area contributed by atoms with E-state index in [1.54, 1.807) is 26.0 Å². The van der Waals surface area contributed by atoms with Gasteiger partial charge in [0, 0.05) is 30.9 Å². The van der Waals surface area contributed by atoms with Crippen molar-refractivity contribution in [1.29, 1.82) is 0 Å². The summed E-state index contributed by atoms with van der Waals surface area (Å²) >= 11 is 0. The summed E-state index contributed by atoms with van der Waals surface area (Å²) < 4.78 is 20.6. The molecule has 1 fully saturated rings. The Balaban J connectivity index is 1.96. The predicted octanol–water partition coefficient (Wildman–Crippen LogP) is 5.89. The summed E-state index contributed by atoms with van der Waals surface area (Å²) in [4.78, 5) is 29.9. The molecular weight excluding hydrogens is 469 g/mol. The highest BCUT2D eigenvalue weighted by Gasteiger charge is 2.30. The molecule has 1 aliphatic carbocycles. The average Bonchev–Trinajstić information content (AvgIpc) is 3.69. The van der Waals surface area contributed by atoms with Crippen LogP contribution in [0.5, 0.6) is 0 Å². The third kappa shape index (κ3) is 5.67. The van der Waals surface area contributed by atoms with Gasteiger partial charge >= 0.3 is 5.63 Å². The fourth-order valence-electron chi connectivity index (χ4n) is 4.56. The third-order valence-corrected chi connectivity index (χ3v) is 6.82. The molecule has 1 N–H and O–H groups in total. The molecule has 0 aliphatic heterocycles. The van der Waals surface area contributed by atoms with Crippen LogP contribution in [-0.2, 0) is 6.54 Å². The largest absolute Gasteiger partial charge is 0.422 e. The molecule has 1 heterocycles. The first-order valence-electron chi connectivity index (χ1n) is 12.4. The first-order valence-corrected chi connectivity index (χ1v) is 12.4. The van der Waals surface area contributed by atoms with Gasteiger partial charge in [-0.05, 0) is 82.6 Å². The molecule has 0 bridgehead atoms. The average molecular weight is 504 g/mol. The van der Waals surface area contributed by atoms with E-state index in [1.807, 2.05) is 46.3 Å². The van der Waals surface area contributed by atoms with Crippen molar-refractivity contribution >= 4 is 23.2 Å². The lowest BCUT2D eigenvalue weighted by Gasteiger charge is -2.25. The van der Waals surface area contributed by atoms with E-state index in [-0.39, 0.29) is 28.3 Å². The molecule has 194 valence electrons. The monoisotopic (exact) mass is 503 g/mol. The van der Waals surface area contributed by atoms with Gasteiger partial charge in [0.15, 0.2) is 12.0 Å². The van der Waals surface area contributed by atoms with Crippen molar-refractivity contribution in [1.82, 2.24) is 9.80 Å². The number of hydrogen-bond acceptors (Lipinski definition) is 6. The van der Waals surface area contributed by atoms with Gasteiger partial charge in [0.25, 0.3) is 0 Å². The maximum Gasteiger partial charge on any atom is 0.341 e. The van der Waals surface area contributed by atoms with E-state index in [1.165, 1.54) is 6.07 Å². The Labute approximate surface area is 217 Å². The fraction of sp³-hybridized carbons (Fsp3) is 0.333. The van der Waals surface area contributed by atoms with Crippen LogP contribution >= 0.6 is 0 Å². The van der Waals surface area contributed by atoms with E-state index < -0.39 is 11.4 Å². The molecule has 1 aromatic heterocycles. The van der Waals surface area contributed by atoms with E-state index in [9.17, 15) is 14.0 Å². The van der Waals surface area contributed by atoms with Gasteiger partial charge in [-0.15, -0.1) is 0 Å². The van der Waals surface area contributed by atoms with Crippen molar-refractivity contribution in [2.45, 2.75) is 46.2 Å². The second-order valence-corrected chi connectivity index (χ2v) is 10.1. The minimum atomic E-state index is -0.584. The molecule has 0 spiro atoms. The number of nitrogens with one attached hydrogen (secondary N) is 1. The Morgan fingerprint density at radius 1 is 1.14 bits per heavy atom. The van der Waals surface area contributed by atoms with Crippen molar-refractivity contribution in [2.75, 3.05) is 26.5 Å². The van der Waals surface area contributed by atoms with E-state index in [4.69, 9.17) is 4.42 Å². The number of hydrogen-bond donors (Lipinski definition) is 1. The highest BCUT2D eigenvalue weighted by Crippen LogP contribution is 2.38. The van der Waals surface area contributed by atoms with Gasteiger partial charge < -0.3 is 19.5 Å². The first-order chi connectivity index (χ1) is 17.6. The van der Waals surface area contributed by atoms with E-state index in [2.05, 4.69) is 21.2 Å². The molecule has 0 unspecified atom stereocenters. The Morgan fingerprint density at radius 3 is 2.49 bits per heavy atom. The van der Waals surface area contributed by atoms with E-state index in [0.29, 0.717) is 17.9 Å². The van der Waals surface area contributed by atoms with Crippen molar-refractivity contribution in [2.24, 2.45) is 0 Å². The molecular formula is C30H34FN3O3. The SMILES string of the molecule is C/C(=C(\c1cccc(CN(C)C)c1)c1oc(=O)c(C)c(Nc2ccc(C)cc2F)c1C=O)N(C)C1CC1. The molecule has 0 atom stereocenters. The number of aldehydes is 1. The van der Waals surface area contributed by atoms with E-state index >= 15 is 0 Å². The van der Waals surface area contributed by atoms with Gasteiger partial charge in [-0.3, -0.25) is 4.79 Å².